The van der Waals surface area contributed by atoms with Crippen LogP contribution >= 0.6 is 38.9 Å². The Morgan fingerprint density at radius 2 is 2.00 bits per heavy atom. The van der Waals surface area contributed by atoms with Gasteiger partial charge in [0.2, 0.25) is 0 Å². The van der Waals surface area contributed by atoms with Gasteiger partial charge in [-0.1, -0.05) is 27.5 Å². The maximum absolute atomic E-state index is 11.3. The van der Waals surface area contributed by atoms with Gasteiger partial charge in [-0.3, -0.25) is 4.98 Å². The summed E-state index contributed by atoms with van der Waals surface area (Å²) in [6, 6.07) is 7.23. The largest absolute Gasteiger partial charge is 0.301 e. The summed E-state index contributed by atoms with van der Waals surface area (Å²) >= 11 is 10.7. The van der Waals surface area contributed by atoms with E-state index in [0.29, 0.717) is 4.34 Å². The molecule has 0 aliphatic rings. The SMILES string of the molecule is O=CC(Br)(c1ccncc1)c1ccc(Cl)s1. The monoisotopic (exact) mass is 315 g/mol. The summed E-state index contributed by atoms with van der Waals surface area (Å²) in [4.78, 5) is 16.1. The Labute approximate surface area is 110 Å². The van der Waals surface area contributed by atoms with Crippen LogP contribution in [0.2, 0.25) is 4.34 Å². The molecule has 82 valence electrons. The third-order valence-electron chi connectivity index (χ3n) is 2.19. The van der Waals surface area contributed by atoms with E-state index < -0.39 is 4.32 Å². The zero-order valence-corrected chi connectivity index (χ0v) is 11.2. The highest BCUT2D eigenvalue weighted by atomic mass is 79.9. The predicted molar refractivity (Wildman–Crippen MR) is 69.3 cm³/mol. The lowest BCUT2D eigenvalue weighted by Gasteiger charge is -2.19. The van der Waals surface area contributed by atoms with Gasteiger partial charge in [-0.2, -0.15) is 0 Å². The number of halogens is 2. The Balaban J connectivity index is 2.52. The van der Waals surface area contributed by atoms with Crippen LogP contribution in [0.1, 0.15) is 10.4 Å². The van der Waals surface area contributed by atoms with Crippen LogP contribution in [0.3, 0.4) is 0 Å². The first-order valence-corrected chi connectivity index (χ1v) is 6.47. The van der Waals surface area contributed by atoms with E-state index in [2.05, 4.69) is 20.9 Å². The van der Waals surface area contributed by atoms with Gasteiger partial charge in [0.15, 0.2) is 0 Å². The molecule has 0 radical (unpaired) electrons. The Kier molecular flexibility index (Phi) is 3.42. The lowest BCUT2D eigenvalue weighted by Crippen LogP contribution is -2.20. The van der Waals surface area contributed by atoms with Crippen LogP contribution in [0.4, 0.5) is 0 Å². The molecule has 5 heteroatoms. The van der Waals surface area contributed by atoms with Crippen molar-refractivity contribution in [2.45, 2.75) is 4.32 Å². The number of alkyl halides is 1. The van der Waals surface area contributed by atoms with Crippen LogP contribution in [0.15, 0.2) is 36.7 Å². The summed E-state index contributed by atoms with van der Waals surface area (Å²) in [5.74, 6) is 0. The Morgan fingerprint density at radius 3 is 2.50 bits per heavy atom. The normalized spacial score (nSPS) is 14.4. The highest BCUT2D eigenvalue weighted by molar-refractivity contribution is 9.10. The molecule has 2 rings (SSSR count). The number of thiophene rings is 1. The van der Waals surface area contributed by atoms with Crippen LogP contribution in [0, 0.1) is 0 Å². The highest BCUT2D eigenvalue weighted by Crippen LogP contribution is 2.41. The summed E-state index contributed by atoms with van der Waals surface area (Å²) in [5.41, 5.74) is 0.844. The summed E-state index contributed by atoms with van der Waals surface area (Å²) in [6.45, 7) is 0. The molecule has 1 unspecified atom stereocenters. The molecule has 2 heterocycles. The van der Waals surface area contributed by atoms with Crippen LogP contribution in [0.5, 0.6) is 0 Å². The number of hydrogen-bond acceptors (Lipinski definition) is 3. The van der Waals surface area contributed by atoms with Gasteiger partial charge < -0.3 is 4.79 Å². The molecule has 0 aliphatic heterocycles. The Hall–Kier alpha value is -0.710. The van der Waals surface area contributed by atoms with Gasteiger partial charge in [0.1, 0.15) is 10.6 Å². The number of pyridine rings is 1. The molecule has 1 atom stereocenters. The molecular weight excluding hydrogens is 310 g/mol. The fourth-order valence-electron chi connectivity index (χ4n) is 1.37. The van der Waals surface area contributed by atoms with Crippen molar-refractivity contribution in [2.75, 3.05) is 0 Å². The number of rotatable bonds is 3. The second-order valence-electron chi connectivity index (χ2n) is 3.17. The quantitative estimate of drug-likeness (QED) is 0.639. The third-order valence-corrected chi connectivity index (χ3v) is 4.90. The number of carbonyl (C=O) groups is 1. The maximum Gasteiger partial charge on any atom is 0.146 e. The number of hydrogen-bond donors (Lipinski definition) is 0. The van der Waals surface area contributed by atoms with Gasteiger partial charge in [0, 0.05) is 17.3 Å². The number of aromatic nitrogens is 1. The van der Waals surface area contributed by atoms with Gasteiger partial charge in [0.25, 0.3) is 0 Å². The second-order valence-corrected chi connectivity index (χ2v) is 6.14. The fourth-order valence-corrected chi connectivity index (χ4v) is 3.12. The zero-order chi connectivity index (χ0) is 11.6. The first kappa shape index (κ1) is 11.8. The topological polar surface area (TPSA) is 30.0 Å². The van der Waals surface area contributed by atoms with Gasteiger partial charge in [-0.05, 0) is 29.8 Å². The van der Waals surface area contributed by atoms with Crippen molar-refractivity contribution in [3.05, 3.63) is 51.4 Å². The van der Waals surface area contributed by atoms with Crippen LogP contribution in [-0.4, -0.2) is 11.3 Å². The lowest BCUT2D eigenvalue weighted by atomic mass is 10.0. The molecule has 0 bridgehead atoms. The van der Waals surface area contributed by atoms with E-state index in [1.54, 1.807) is 30.6 Å². The first-order chi connectivity index (χ1) is 7.66. The molecule has 0 N–H and O–H groups in total. The zero-order valence-electron chi connectivity index (χ0n) is 8.06. The highest BCUT2D eigenvalue weighted by Gasteiger charge is 2.32. The van der Waals surface area contributed by atoms with Crippen molar-refractivity contribution in [3.8, 4) is 0 Å². The van der Waals surface area contributed by atoms with Gasteiger partial charge in [-0.15, -0.1) is 11.3 Å². The maximum atomic E-state index is 11.3. The molecule has 2 nitrogen and oxygen atoms in total. The van der Waals surface area contributed by atoms with Gasteiger partial charge >= 0.3 is 0 Å². The summed E-state index contributed by atoms with van der Waals surface area (Å²) in [6.07, 6.45) is 4.18. The number of carbonyl (C=O) groups excluding carboxylic acids is 1. The molecule has 0 aliphatic carbocycles. The molecule has 16 heavy (non-hydrogen) atoms. The number of nitrogens with zero attached hydrogens (tertiary/aromatic N) is 1. The average Bonchev–Trinajstić information content (AvgIpc) is 2.76. The molecule has 0 amide bonds. The molecule has 0 aromatic carbocycles. The first-order valence-electron chi connectivity index (χ1n) is 4.48. The van der Waals surface area contributed by atoms with E-state index >= 15 is 0 Å². The van der Waals surface area contributed by atoms with Crippen molar-refractivity contribution in [3.63, 3.8) is 0 Å². The predicted octanol–water partition coefficient (Wildman–Crippen LogP) is 3.63. The van der Waals surface area contributed by atoms with Crippen molar-refractivity contribution in [2.24, 2.45) is 0 Å². The molecule has 0 fully saturated rings. The standard InChI is InChI=1S/C11H7BrClNOS/c12-11(7-15,8-3-5-14-6-4-8)9-1-2-10(13)16-9/h1-7H. The van der Waals surface area contributed by atoms with E-state index in [1.165, 1.54) is 11.3 Å². The molecule has 0 saturated carbocycles. The van der Waals surface area contributed by atoms with Crippen molar-refractivity contribution in [1.82, 2.24) is 4.98 Å². The molecule has 0 spiro atoms. The molecule has 0 saturated heterocycles. The van der Waals surface area contributed by atoms with Gasteiger partial charge in [0.05, 0.1) is 4.34 Å². The fraction of sp³-hybridized carbons (Fsp3) is 0.0909. The molecule has 2 aromatic heterocycles. The minimum Gasteiger partial charge on any atom is -0.301 e. The third kappa shape index (κ3) is 2.05. The van der Waals surface area contributed by atoms with Crippen LogP contribution in [-0.2, 0) is 9.12 Å². The molecular formula is C11H7BrClNOS. The minimum absolute atomic E-state index is 0.662. The summed E-state index contributed by atoms with van der Waals surface area (Å²) in [5, 5.41) is 0. The smallest absolute Gasteiger partial charge is 0.146 e. The van der Waals surface area contributed by atoms with E-state index in [4.69, 9.17) is 11.6 Å². The average molecular weight is 317 g/mol. The Bertz CT molecular complexity index is 502. The summed E-state index contributed by atoms with van der Waals surface area (Å²) in [7, 11) is 0. The van der Waals surface area contributed by atoms with Crippen molar-refractivity contribution in [1.29, 1.82) is 0 Å². The van der Waals surface area contributed by atoms with Crippen molar-refractivity contribution >= 4 is 45.2 Å². The van der Waals surface area contributed by atoms with Gasteiger partial charge in [-0.25, -0.2) is 0 Å². The van der Waals surface area contributed by atoms with Crippen molar-refractivity contribution < 1.29 is 4.79 Å². The number of aldehydes is 1. The minimum atomic E-state index is -0.826. The van der Waals surface area contributed by atoms with E-state index in [1.807, 2.05) is 6.07 Å². The Morgan fingerprint density at radius 1 is 1.31 bits per heavy atom. The van der Waals surface area contributed by atoms with E-state index in [0.717, 1.165) is 16.7 Å². The lowest BCUT2D eigenvalue weighted by molar-refractivity contribution is -0.108. The van der Waals surface area contributed by atoms with E-state index in [9.17, 15) is 4.79 Å². The molecule has 2 aromatic rings. The summed E-state index contributed by atoms with van der Waals surface area (Å²) < 4.78 is -0.164. The second kappa shape index (κ2) is 4.65. The van der Waals surface area contributed by atoms with Crippen LogP contribution < -0.4 is 0 Å². The van der Waals surface area contributed by atoms with E-state index in [-0.39, 0.29) is 0 Å². The van der Waals surface area contributed by atoms with Crippen LogP contribution in [0.25, 0.3) is 0 Å².